The first-order valence-corrected chi connectivity index (χ1v) is 9.36. The maximum absolute atomic E-state index is 8.97. The minimum absolute atomic E-state index is 0. The second-order valence-electron chi connectivity index (χ2n) is 6.30. The van der Waals surface area contributed by atoms with Crippen molar-refractivity contribution in [2.75, 3.05) is 6.61 Å². The highest BCUT2D eigenvalue weighted by Gasteiger charge is 2.55. The maximum Gasteiger partial charge on any atom is 0.104 e. The van der Waals surface area contributed by atoms with Crippen molar-refractivity contribution in [3.8, 4) is 0 Å². The van der Waals surface area contributed by atoms with Gasteiger partial charge >= 0.3 is 0 Å². The summed E-state index contributed by atoms with van der Waals surface area (Å²) < 4.78 is 0. The van der Waals surface area contributed by atoms with E-state index in [2.05, 4.69) is 42.5 Å². The van der Waals surface area contributed by atoms with Crippen molar-refractivity contribution in [2.24, 2.45) is 10.9 Å². The number of fused-ring (bicyclic) bond motifs is 1. The second kappa shape index (κ2) is 9.43. The van der Waals surface area contributed by atoms with E-state index in [0.29, 0.717) is 12.3 Å². The van der Waals surface area contributed by atoms with Gasteiger partial charge in [0.2, 0.25) is 0 Å². The average Bonchev–Trinajstić information content (AvgIpc) is 3.22. The number of nitrogens with zero attached hydrogens (tertiary/aromatic N) is 2. The fourth-order valence-corrected chi connectivity index (χ4v) is 4.19. The molecule has 2 unspecified atom stereocenters. The number of aliphatic imine (C=N–C) groups is 1. The Morgan fingerprint density at radius 2 is 1.92 bits per heavy atom. The van der Waals surface area contributed by atoms with E-state index >= 15 is 0 Å². The van der Waals surface area contributed by atoms with Crippen LogP contribution in [0, 0.1) is 19.8 Å². The van der Waals surface area contributed by atoms with Crippen LogP contribution in [0.5, 0.6) is 0 Å². The van der Waals surface area contributed by atoms with Crippen LogP contribution in [0.4, 0.5) is 0 Å². The molecule has 5 nitrogen and oxygen atoms in total. The Morgan fingerprint density at radius 1 is 1.23 bits per heavy atom. The highest BCUT2D eigenvalue weighted by atomic mass is 32.1. The van der Waals surface area contributed by atoms with Crippen LogP contribution in [0.3, 0.4) is 0 Å². The Labute approximate surface area is 163 Å². The molecule has 0 saturated heterocycles. The van der Waals surface area contributed by atoms with E-state index in [1.807, 2.05) is 36.7 Å². The maximum atomic E-state index is 8.97. The molecule has 2 atom stereocenters. The molecule has 1 aliphatic carbocycles. The summed E-state index contributed by atoms with van der Waals surface area (Å²) in [4.78, 5) is 11.1. The number of aryl methyl sites for hydroxylation is 2. The highest BCUT2D eigenvalue weighted by Crippen LogP contribution is 2.56. The number of rotatable bonds is 3. The van der Waals surface area contributed by atoms with Crippen molar-refractivity contribution in [3.63, 3.8) is 0 Å². The first-order valence-electron chi connectivity index (χ1n) is 8.09. The van der Waals surface area contributed by atoms with Gasteiger partial charge in [-0.1, -0.05) is 23.8 Å². The molecule has 2 heterocycles. The van der Waals surface area contributed by atoms with Crippen LogP contribution in [0.1, 0.15) is 27.6 Å². The number of thiol groups is 1. The van der Waals surface area contributed by atoms with Crippen LogP contribution in [-0.4, -0.2) is 33.9 Å². The molecule has 1 aromatic carbocycles. The normalized spacial score (nSPS) is 21.6. The fourth-order valence-electron chi connectivity index (χ4n) is 2.84. The van der Waals surface area contributed by atoms with Gasteiger partial charge in [-0.05, 0) is 32.4 Å². The molecule has 0 spiro atoms. The van der Waals surface area contributed by atoms with Gasteiger partial charge in [-0.3, -0.25) is 4.99 Å². The zero-order chi connectivity index (χ0) is 17.2. The van der Waals surface area contributed by atoms with Crippen molar-refractivity contribution >= 4 is 30.2 Å². The van der Waals surface area contributed by atoms with Gasteiger partial charge in [-0.15, -0.1) is 24.0 Å². The first kappa shape index (κ1) is 22.5. The summed E-state index contributed by atoms with van der Waals surface area (Å²) in [5, 5.41) is 10.2. The van der Waals surface area contributed by atoms with E-state index in [9.17, 15) is 0 Å². The molecule has 26 heavy (non-hydrogen) atoms. The molecule has 1 aliphatic heterocycles. The molecule has 0 bridgehead atoms. The van der Waals surface area contributed by atoms with Crippen LogP contribution in [0.15, 0.2) is 46.4 Å². The van der Waals surface area contributed by atoms with Crippen LogP contribution in [0.25, 0.3) is 0 Å². The molecule has 142 valence electrons. The summed E-state index contributed by atoms with van der Waals surface area (Å²) in [6.45, 7) is 4.33. The number of benzene rings is 1. The molecular weight excluding hydrogens is 368 g/mol. The molecule has 0 amide bonds. The summed E-state index contributed by atoms with van der Waals surface area (Å²) in [6, 6.07) is 8.06. The van der Waals surface area contributed by atoms with Gasteiger partial charge in [0.15, 0.2) is 0 Å². The highest BCUT2D eigenvalue weighted by molar-refractivity contribution is 7.80. The minimum atomic E-state index is 0. The number of thiazole rings is 1. The first-order chi connectivity index (χ1) is 11.5. The number of aliphatic hydroxyl groups excluding tert-OH is 1. The zero-order valence-electron chi connectivity index (χ0n) is 14.9. The Hall–Kier alpha value is -1.51. The third-order valence-corrected chi connectivity index (χ3v) is 5.96. The van der Waals surface area contributed by atoms with Gasteiger partial charge < -0.3 is 16.1 Å². The van der Waals surface area contributed by atoms with E-state index in [1.54, 1.807) is 11.3 Å². The Bertz CT molecular complexity index is 751. The quantitative estimate of drug-likeness (QED) is 0.780. The van der Waals surface area contributed by atoms with Crippen molar-refractivity contribution < 1.29 is 16.1 Å². The fraction of sp³-hybridized carbons (Fsp3) is 0.368. The smallest absolute Gasteiger partial charge is 0.104 e. The summed E-state index contributed by atoms with van der Waals surface area (Å²) in [7, 11) is 0. The lowest BCUT2D eigenvalue weighted by molar-refractivity contribution is 0.298. The third-order valence-electron chi connectivity index (χ3n) is 4.46. The lowest BCUT2D eigenvalue weighted by atomic mass is 10.0. The third kappa shape index (κ3) is 4.81. The van der Waals surface area contributed by atoms with Gasteiger partial charge in [0.1, 0.15) is 5.01 Å². The molecule has 1 aromatic heterocycles. The van der Waals surface area contributed by atoms with Crippen LogP contribution in [0.2, 0.25) is 0 Å². The van der Waals surface area contributed by atoms with Crippen molar-refractivity contribution in [1.82, 2.24) is 4.98 Å². The Morgan fingerprint density at radius 3 is 2.50 bits per heavy atom. The Balaban J connectivity index is 0.000000292. The van der Waals surface area contributed by atoms with Gasteiger partial charge in [-0.2, -0.15) is 0 Å². The number of hydrogen-bond donors (Lipinski definition) is 2. The SMILES string of the molecule is Cc1ccc(S)cc1.Cc1sc(C23C=CN=CC2C3)nc1CCO.O.O. The number of aliphatic hydroxyl groups is 1. The lowest BCUT2D eigenvalue weighted by Gasteiger charge is -2.08. The molecule has 2 aromatic rings. The number of aromatic nitrogens is 1. The van der Waals surface area contributed by atoms with E-state index in [0.717, 1.165) is 17.0 Å². The second-order valence-corrected chi connectivity index (χ2v) is 8.02. The predicted molar refractivity (Wildman–Crippen MR) is 111 cm³/mol. The largest absolute Gasteiger partial charge is 0.412 e. The molecule has 5 N–H and O–H groups in total. The molecule has 7 heteroatoms. The summed E-state index contributed by atoms with van der Waals surface area (Å²) in [6.07, 6.45) is 7.90. The topological polar surface area (TPSA) is 108 Å². The summed E-state index contributed by atoms with van der Waals surface area (Å²) in [5.74, 6) is 0.546. The van der Waals surface area contributed by atoms with E-state index in [1.165, 1.54) is 15.4 Å². The summed E-state index contributed by atoms with van der Waals surface area (Å²) in [5.41, 5.74) is 2.48. The molecule has 1 saturated carbocycles. The molecule has 2 aliphatic rings. The molecule has 0 radical (unpaired) electrons. The van der Waals surface area contributed by atoms with E-state index < -0.39 is 0 Å². The molecule has 1 fully saturated rings. The minimum Gasteiger partial charge on any atom is -0.412 e. The number of hydrogen-bond acceptors (Lipinski definition) is 5. The van der Waals surface area contributed by atoms with Crippen LogP contribution >= 0.6 is 24.0 Å². The zero-order valence-corrected chi connectivity index (χ0v) is 16.6. The Kier molecular flexibility index (Phi) is 8.17. The van der Waals surface area contributed by atoms with E-state index in [-0.39, 0.29) is 23.0 Å². The van der Waals surface area contributed by atoms with Gasteiger partial charge in [-0.25, -0.2) is 4.98 Å². The predicted octanol–water partition coefficient (Wildman–Crippen LogP) is 2.48. The van der Waals surface area contributed by atoms with Gasteiger partial charge in [0, 0.05) is 41.1 Å². The summed E-state index contributed by atoms with van der Waals surface area (Å²) >= 11 is 5.90. The number of allylic oxidation sites excluding steroid dienone is 1. The van der Waals surface area contributed by atoms with Crippen LogP contribution in [-0.2, 0) is 11.8 Å². The van der Waals surface area contributed by atoms with Crippen LogP contribution < -0.4 is 0 Å². The van der Waals surface area contributed by atoms with E-state index in [4.69, 9.17) is 5.11 Å². The lowest BCUT2D eigenvalue weighted by Crippen LogP contribution is -2.09. The standard InChI is InChI=1S/C12H14N2OS.C7H8S.2H2O/c1-8-10(2-5-15)14-11(16-8)12-3-4-13-7-9(12)6-12;1-6-2-4-7(8)5-3-6;;/h3-4,7,9,15H,2,5-6H2,1H3;2-5,8H,1H3;2*1H2. The van der Waals surface area contributed by atoms with Crippen molar-refractivity contribution in [3.05, 3.63) is 57.7 Å². The van der Waals surface area contributed by atoms with Gasteiger partial charge in [0.05, 0.1) is 11.1 Å². The van der Waals surface area contributed by atoms with Gasteiger partial charge in [0.25, 0.3) is 0 Å². The monoisotopic (exact) mass is 394 g/mol. The molecular formula is C19H26N2O3S2. The molecule has 4 rings (SSSR count). The van der Waals surface area contributed by atoms with Crippen molar-refractivity contribution in [1.29, 1.82) is 0 Å². The van der Waals surface area contributed by atoms with Crippen molar-refractivity contribution in [2.45, 2.75) is 37.0 Å². The average molecular weight is 395 g/mol.